The molecule has 30 heavy (non-hydrogen) atoms. The number of nitrogens with zero attached hydrogens (tertiary/aromatic N) is 3. The smallest absolute Gasteiger partial charge is 0.337 e. The Balaban J connectivity index is 1.44. The van der Waals surface area contributed by atoms with Gasteiger partial charge in [-0.05, 0) is 73.2 Å². The highest BCUT2D eigenvalue weighted by molar-refractivity contribution is 5.89. The van der Waals surface area contributed by atoms with E-state index in [9.17, 15) is 4.79 Å². The third-order valence-corrected chi connectivity index (χ3v) is 6.03. The van der Waals surface area contributed by atoms with Crippen molar-refractivity contribution in [2.45, 2.75) is 39.2 Å². The van der Waals surface area contributed by atoms with E-state index in [4.69, 9.17) is 9.72 Å². The fraction of sp³-hybridized carbons (Fsp3) is 0.440. The summed E-state index contributed by atoms with van der Waals surface area (Å²) in [5, 5.41) is 1.20. The fourth-order valence-corrected chi connectivity index (χ4v) is 4.47. The highest BCUT2D eigenvalue weighted by Crippen LogP contribution is 2.30. The van der Waals surface area contributed by atoms with E-state index >= 15 is 0 Å². The number of fused-ring (bicyclic) bond motifs is 1. The number of pyridine rings is 1. The molecule has 0 atom stereocenters. The standard InChI is InChI=1S/C25H31N3O2/c1-18(2)16-27-11-8-20(9-12-27)23-14-22-10-13-28(24(22)26-15-23)17-19-4-6-21(7-5-19)25(29)30-3/h4-7,10,13-15,18,20H,8-9,11-12,16-17H2,1-3H3. The molecule has 0 N–H and O–H groups in total. The molecule has 1 fully saturated rings. The van der Waals surface area contributed by atoms with Crippen LogP contribution >= 0.6 is 0 Å². The number of hydrogen-bond acceptors (Lipinski definition) is 4. The number of methoxy groups -OCH3 is 1. The molecule has 3 aromatic rings. The highest BCUT2D eigenvalue weighted by Gasteiger charge is 2.21. The van der Waals surface area contributed by atoms with Gasteiger partial charge in [-0.15, -0.1) is 0 Å². The van der Waals surface area contributed by atoms with Crippen LogP contribution in [0.2, 0.25) is 0 Å². The molecule has 0 saturated carbocycles. The number of carbonyl (C=O) groups excluding carboxylic acids is 1. The van der Waals surface area contributed by atoms with Crippen molar-refractivity contribution in [2.24, 2.45) is 5.92 Å². The molecule has 0 unspecified atom stereocenters. The van der Waals surface area contributed by atoms with Crippen molar-refractivity contribution in [3.8, 4) is 0 Å². The van der Waals surface area contributed by atoms with Gasteiger partial charge in [0.25, 0.3) is 0 Å². The van der Waals surface area contributed by atoms with Crippen LogP contribution in [0.1, 0.15) is 54.1 Å². The molecule has 5 heteroatoms. The highest BCUT2D eigenvalue weighted by atomic mass is 16.5. The molecule has 158 valence electrons. The Labute approximate surface area is 178 Å². The van der Waals surface area contributed by atoms with Crippen LogP contribution in [0.4, 0.5) is 0 Å². The van der Waals surface area contributed by atoms with Gasteiger partial charge in [0.1, 0.15) is 5.65 Å². The third-order valence-electron chi connectivity index (χ3n) is 6.03. The summed E-state index contributed by atoms with van der Waals surface area (Å²) in [5.41, 5.74) is 4.07. The molecular formula is C25H31N3O2. The number of aromatic nitrogens is 2. The number of benzene rings is 1. The van der Waals surface area contributed by atoms with Crippen molar-refractivity contribution >= 4 is 17.0 Å². The number of ether oxygens (including phenoxy) is 1. The first-order valence-corrected chi connectivity index (χ1v) is 10.9. The van der Waals surface area contributed by atoms with Gasteiger partial charge < -0.3 is 14.2 Å². The second kappa shape index (κ2) is 9.00. The topological polar surface area (TPSA) is 47.4 Å². The van der Waals surface area contributed by atoms with E-state index in [1.54, 1.807) is 0 Å². The quantitative estimate of drug-likeness (QED) is 0.558. The minimum Gasteiger partial charge on any atom is -0.465 e. The molecule has 2 aromatic heterocycles. The van der Waals surface area contributed by atoms with Crippen LogP contribution in [0.3, 0.4) is 0 Å². The molecule has 0 aliphatic carbocycles. The first-order valence-electron chi connectivity index (χ1n) is 10.9. The SMILES string of the molecule is COC(=O)c1ccc(Cn2ccc3cc(C4CCN(CC(C)C)CC4)cnc32)cc1. The molecule has 1 aliphatic heterocycles. The van der Waals surface area contributed by atoms with Crippen molar-refractivity contribution in [2.75, 3.05) is 26.7 Å². The lowest BCUT2D eigenvalue weighted by Gasteiger charge is -2.33. The number of likely N-dealkylation sites (tertiary alicyclic amines) is 1. The lowest BCUT2D eigenvalue weighted by Crippen LogP contribution is -2.35. The van der Waals surface area contributed by atoms with E-state index in [1.165, 1.54) is 50.5 Å². The van der Waals surface area contributed by atoms with Crippen molar-refractivity contribution in [1.82, 2.24) is 14.5 Å². The number of hydrogen-bond donors (Lipinski definition) is 0. The summed E-state index contributed by atoms with van der Waals surface area (Å²) in [6, 6.07) is 12.0. The zero-order chi connectivity index (χ0) is 21.1. The van der Waals surface area contributed by atoms with Crippen molar-refractivity contribution in [3.05, 3.63) is 65.5 Å². The summed E-state index contributed by atoms with van der Waals surface area (Å²) in [7, 11) is 1.40. The van der Waals surface area contributed by atoms with Crippen LogP contribution in [-0.2, 0) is 11.3 Å². The van der Waals surface area contributed by atoms with E-state index in [1.807, 2.05) is 24.3 Å². The Kier molecular flexibility index (Phi) is 6.18. The molecular weight excluding hydrogens is 374 g/mol. The van der Waals surface area contributed by atoms with Crippen molar-refractivity contribution in [1.29, 1.82) is 0 Å². The molecule has 0 radical (unpaired) electrons. The number of esters is 1. The Morgan fingerprint density at radius 2 is 1.90 bits per heavy atom. The molecule has 4 rings (SSSR count). The van der Waals surface area contributed by atoms with Gasteiger partial charge in [-0.1, -0.05) is 26.0 Å². The minimum atomic E-state index is -0.308. The Bertz CT molecular complexity index is 999. The second-order valence-electron chi connectivity index (χ2n) is 8.78. The average molecular weight is 406 g/mol. The summed E-state index contributed by atoms with van der Waals surface area (Å²) in [6.07, 6.45) is 6.60. The van der Waals surface area contributed by atoms with E-state index in [0.717, 1.165) is 23.7 Å². The lowest BCUT2D eigenvalue weighted by molar-refractivity contribution is 0.0600. The van der Waals surface area contributed by atoms with Crippen molar-refractivity contribution in [3.63, 3.8) is 0 Å². The largest absolute Gasteiger partial charge is 0.465 e. The first kappa shape index (κ1) is 20.6. The monoisotopic (exact) mass is 405 g/mol. The van der Waals surface area contributed by atoms with Gasteiger partial charge in [-0.3, -0.25) is 0 Å². The van der Waals surface area contributed by atoms with Crippen molar-refractivity contribution < 1.29 is 9.53 Å². The van der Waals surface area contributed by atoms with Gasteiger partial charge >= 0.3 is 5.97 Å². The van der Waals surface area contributed by atoms with Gasteiger partial charge in [-0.2, -0.15) is 0 Å². The molecule has 0 spiro atoms. The van der Waals surface area contributed by atoms with E-state index < -0.39 is 0 Å². The average Bonchev–Trinajstić information content (AvgIpc) is 3.16. The van der Waals surface area contributed by atoms with Gasteiger partial charge in [0.2, 0.25) is 0 Å². The van der Waals surface area contributed by atoms with Crippen LogP contribution in [0.25, 0.3) is 11.0 Å². The molecule has 5 nitrogen and oxygen atoms in total. The molecule has 1 aliphatic rings. The Hall–Kier alpha value is -2.66. The predicted molar refractivity (Wildman–Crippen MR) is 120 cm³/mol. The summed E-state index contributed by atoms with van der Waals surface area (Å²) in [4.78, 5) is 19.0. The van der Waals surface area contributed by atoms with E-state index in [0.29, 0.717) is 11.5 Å². The van der Waals surface area contributed by atoms with E-state index in [2.05, 4.69) is 47.8 Å². The molecule has 3 heterocycles. The van der Waals surface area contributed by atoms with Crippen LogP contribution in [-0.4, -0.2) is 47.2 Å². The number of piperidine rings is 1. The normalized spacial score (nSPS) is 15.7. The number of rotatable bonds is 6. The molecule has 1 aromatic carbocycles. The summed E-state index contributed by atoms with van der Waals surface area (Å²) >= 11 is 0. The maximum atomic E-state index is 11.6. The van der Waals surface area contributed by atoms with Crippen LogP contribution in [0, 0.1) is 5.92 Å². The van der Waals surface area contributed by atoms with Gasteiger partial charge in [0, 0.05) is 30.9 Å². The molecule has 0 bridgehead atoms. The maximum Gasteiger partial charge on any atom is 0.337 e. The van der Waals surface area contributed by atoms with Gasteiger partial charge in [-0.25, -0.2) is 9.78 Å². The lowest BCUT2D eigenvalue weighted by atomic mass is 9.90. The summed E-state index contributed by atoms with van der Waals surface area (Å²) < 4.78 is 6.93. The third kappa shape index (κ3) is 4.57. The molecule has 1 saturated heterocycles. The van der Waals surface area contributed by atoms with Crippen LogP contribution in [0.15, 0.2) is 48.8 Å². The fourth-order valence-electron chi connectivity index (χ4n) is 4.47. The second-order valence-corrected chi connectivity index (χ2v) is 8.78. The summed E-state index contributed by atoms with van der Waals surface area (Å²) in [6.45, 7) is 8.88. The first-order chi connectivity index (χ1) is 14.5. The Morgan fingerprint density at radius 3 is 2.57 bits per heavy atom. The van der Waals surface area contributed by atoms with Gasteiger partial charge in [0.15, 0.2) is 0 Å². The predicted octanol–water partition coefficient (Wildman–Crippen LogP) is 4.71. The summed E-state index contributed by atoms with van der Waals surface area (Å²) in [5.74, 6) is 1.03. The van der Waals surface area contributed by atoms with E-state index in [-0.39, 0.29) is 5.97 Å². The number of carbonyl (C=O) groups is 1. The maximum absolute atomic E-state index is 11.6. The van der Waals surface area contributed by atoms with Gasteiger partial charge in [0.05, 0.1) is 12.7 Å². The molecule has 0 amide bonds. The zero-order valence-electron chi connectivity index (χ0n) is 18.2. The zero-order valence-corrected chi connectivity index (χ0v) is 18.2. The van der Waals surface area contributed by atoms with Crippen LogP contribution in [0.5, 0.6) is 0 Å². The van der Waals surface area contributed by atoms with Crippen LogP contribution < -0.4 is 0 Å². The minimum absolute atomic E-state index is 0.308. The Morgan fingerprint density at radius 1 is 1.17 bits per heavy atom.